The van der Waals surface area contributed by atoms with E-state index < -0.39 is 11.1 Å². The molecule has 4 aromatic rings. The van der Waals surface area contributed by atoms with Crippen molar-refractivity contribution in [3.63, 3.8) is 0 Å². The Hall–Kier alpha value is -3.21. The molecule has 1 aliphatic rings. The Balaban J connectivity index is 1.22. The van der Waals surface area contributed by atoms with Crippen molar-refractivity contribution in [2.24, 2.45) is 0 Å². The van der Waals surface area contributed by atoms with Crippen LogP contribution >= 0.6 is 22.9 Å². The summed E-state index contributed by atoms with van der Waals surface area (Å²) in [6, 6.07) is 16.3. The van der Waals surface area contributed by atoms with Crippen LogP contribution in [-0.4, -0.2) is 36.4 Å². The maximum atomic E-state index is 11.9. The molecule has 32 heavy (non-hydrogen) atoms. The van der Waals surface area contributed by atoms with Crippen LogP contribution in [0, 0.1) is 0 Å². The quantitative estimate of drug-likeness (QED) is 0.284. The van der Waals surface area contributed by atoms with Gasteiger partial charge in [0.1, 0.15) is 5.82 Å². The first-order valence-electron chi connectivity index (χ1n) is 10.2. The average molecular weight is 464 g/mol. The lowest BCUT2D eigenvalue weighted by Crippen LogP contribution is -2.24. The molecule has 0 saturated heterocycles. The zero-order valence-corrected chi connectivity index (χ0v) is 18.8. The largest absolute Gasteiger partial charge is 0.546 e. The Bertz CT molecular complexity index is 1160. The summed E-state index contributed by atoms with van der Waals surface area (Å²) < 4.78 is 20.1. The maximum absolute atomic E-state index is 11.9. The summed E-state index contributed by atoms with van der Waals surface area (Å²) in [4.78, 5) is 13.3. The number of aromatic nitrogens is 4. The van der Waals surface area contributed by atoms with E-state index in [2.05, 4.69) is 64.6 Å². The first-order chi connectivity index (χ1) is 15.8. The number of benzene rings is 1. The van der Waals surface area contributed by atoms with E-state index in [1.807, 2.05) is 24.4 Å². The van der Waals surface area contributed by atoms with Gasteiger partial charge in [0.05, 0.1) is 10.6 Å². The molecule has 10 heteroatoms. The molecule has 4 heterocycles. The van der Waals surface area contributed by atoms with Crippen LogP contribution in [0.3, 0.4) is 0 Å². The lowest BCUT2D eigenvalue weighted by atomic mass is 10.2. The van der Waals surface area contributed by atoms with Gasteiger partial charge < -0.3 is 20.1 Å². The zero-order chi connectivity index (χ0) is 21.8. The van der Waals surface area contributed by atoms with Crippen molar-refractivity contribution in [2.45, 2.75) is 22.8 Å². The number of para-hydroxylation sites is 1. The van der Waals surface area contributed by atoms with Crippen molar-refractivity contribution < 1.29 is 4.55 Å². The summed E-state index contributed by atoms with van der Waals surface area (Å²) in [5.41, 5.74) is 2.23. The Morgan fingerprint density at radius 1 is 0.906 bits per heavy atom. The van der Waals surface area contributed by atoms with E-state index in [9.17, 15) is 4.55 Å². The van der Waals surface area contributed by atoms with Gasteiger partial charge in [-0.1, -0.05) is 23.9 Å². The lowest BCUT2D eigenvalue weighted by molar-refractivity contribution is 0.585. The standard InChI is InChI=1S/C22H21N7OS2/c30-32-27-20(21(28-32)26-15-16-8-12-23-13-9-16)24-11-4-14-29-17-5-1-2-6-18(17)31-19-7-3-10-25-22(19)29/h1-3,5-10,12-13H,4,11,14-15H2,(H,24,27)(H,26,28). The number of rotatable bonds is 8. The van der Waals surface area contributed by atoms with Gasteiger partial charge in [-0.25, -0.2) is 4.98 Å². The van der Waals surface area contributed by atoms with Crippen LogP contribution in [-0.2, 0) is 6.54 Å². The second kappa shape index (κ2) is 9.51. The summed E-state index contributed by atoms with van der Waals surface area (Å²) in [5, 5.41) is 6.49. The predicted octanol–water partition coefficient (Wildman–Crippen LogP) is 4.71. The molecule has 1 aromatic carbocycles. The van der Waals surface area contributed by atoms with Crippen molar-refractivity contribution >= 4 is 46.0 Å². The number of nitrogens with zero attached hydrogens (tertiary/aromatic N) is 5. The van der Waals surface area contributed by atoms with E-state index in [0.29, 0.717) is 24.7 Å². The van der Waals surface area contributed by atoms with Crippen LogP contribution in [0.5, 0.6) is 0 Å². The Labute approximate surface area is 193 Å². The number of hydrogen-bond donors (Lipinski definition) is 2. The molecule has 1 unspecified atom stereocenters. The third kappa shape index (κ3) is 4.52. The van der Waals surface area contributed by atoms with Crippen LogP contribution in [0.4, 0.5) is 23.1 Å². The Morgan fingerprint density at radius 2 is 1.69 bits per heavy atom. The van der Waals surface area contributed by atoms with Gasteiger partial charge in [-0.15, -0.1) is 0 Å². The zero-order valence-electron chi connectivity index (χ0n) is 17.1. The van der Waals surface area contributed by atoms with Gasteiger partial charge in [0.25, 0.3) is 0 Å². The van der Waals surface area contributed by atoms with E-state index in [-0.39, 0.29) is 0 Å². The van der Waals surface area contributed by atoms with E-state index in [4.69, 9.17) is 0 Å². The van der Waals surface area contributed by atoms with E-state index in [0.717, 1.165) is 29.2 Å². The smallest absolute Gasteiger partial charge is 0.233 e. The summed E-state index contributed by atoms with van der Waals surface area (Å²) in [5.74, 6) is 2.04. The average Bonchev–Trinajstić information content (AvgIpc) is 3.19. The molecule has 2 N–H and O–H groups in total. The molecule has 0 amide bonds. The van der Waals surface area contributed by atoms with Gasteiger partial charge in [-0.3, -0.25) is 4.98 Å². The highest BCUT2D eigenvalue weighted by atomic mass is 32.2. The first kappa shape index (κ1) is 20.7. The number of fused-ring (bicyclic) bond motifs is 2. The SMILES string of the molecule is [O-][s+]1nc(NCCCN2c3ccccc3Sc3cccnc32)c(NCc2ccncc2)n1. The molecule has 0 spiro atoms. The molecule has 162 valence electrons. The summed E-state index contributed by atoms with van der Waals surface area (Å²) in [6.45, 7) is 2.02. The highest BCUT2D eigenvalue weighted by Crippen LogP contribution is 2.46. The Morgan fingerprint density at radius 3 is 2.56 bits per heavy atom. The molecule has 1 atom stereocenters. The van der Waals surface area contributed by atoms with Gasteiger partial charge in [0, 0.05) is 51.9 Å². The minimum absolute atomic E-state index is 0.520. The van der Waals surface area contributed by atoms with Crippen molar-refractivity contribution in [1.82, 2.24) is 18.7 Å². The van der Waals surface area contributed by atoms with E-state index in [1.165, 1.54) is 10.6 Å². The van der Waals surface area contributed by atoms with Crippen LogP contribution in [0.1, 0.15) is 12.0 Å². The van der Waals surface area contributed by atoms with Crippen molar-refractivity contribution in [3.8, 4) is 0 Å². The number of hydrogen-bond acceptors (Lipinski definition) is 9. The second-order valence-electron chi connectivity index (χ2n) is 7.15. The van der Waals surface area contributed by atoms with Crippen LogP contribution < -0.4 is 15.5 Å². The molecule has 0 bridgehead atoms. The molecular formula is C22H21N7OS2. The number of anilines is 4. The molecule has 5 rings (SSSR count). The van der Waals surface area contributed by atoms with Crippen LogP contribution in [0.15, 0.2) is 76.9 Å². The second-order valence-corrected chi connectivity index (χ2v) is 9.06. The molecule has 0 saturated carbocycles. The number of nitrogens with one attached hydrogen (secondary N) is 2. The van der Waals surface area contributed by atoms with Gasteiger partial charge in [0.2, 0.25) is 11.6 Å². The molecule has 0 fully saturated rings. The topological polar surface area (TPSA) is 102 Å². The Kier molecular flexibility index (Phi) is 6.15. The maximum Gasteiger partial charge on any atom is 0.233 e. The number of pyridine rings is 2. The van der Waals surface area contributed by atoms with Gasteiger partial charge >= 0.3 is 0 Å². The minimum atomic E-state index is -1.59. The fourth-order valence-electron chi connectivity index (χ4n) is 3.52. The summed E-state index contributed by atoms with van der Waals surface area (Å²) in [7, 11) is 0. The highest BCUT2D eigenvalue weighted by Gasteiger charge is 2.23. The fourth-order valence-corrected chi connectivity index (χ4v) is 5.24. The molecule has 3 aromatic heterocycles. The van der Waals surface area contributed by atoms with Crippen molar-refractivity contribution in [1.29, 1.82) is 0 Å². The first-order valence-corrected chi connectivity index (χ1v) is 12.1. The third-order valence-corrected chi connectivity index (χ3v) is 6.79. The predicted molar refractivity (Wildman–Crippen MR) is 127 cm³/mol. The van der Waals surface area contributed by atoms with Crippen molar-refractivity contribution in [3.05, 3.63) is 72.7 Å². The van der Waals surface area contributed by atoms with E-state index >= 15 is 0 Å². The van der Waals surface area contributed by atoms with Crippen molar-refractivity contribution in [2.75, 3.05) is 28.6 Å². The van der Waals surface area contributed by atoms with Crippen LogP contribution in [0.2, 0.25) is 0 Å². The van der Waals surface area contributed by atoms with Crippen LogP contribution in [0.25, 0.3) is 0 Å². The molecule has 1 aliphatic heterocycles. The monoisotopic (exact) mass is 463 g/mol. The van der Waals surface area contributed by atoms with Gasteiger partial charge in [-0.05, 0) is 48.4 Å². The molecule has 0 aliphatic carbocycles. The summed E-state index contributed by atoms with van der Waals surface area (Å²) in [6.07, 6.45) is 6.16. The molecule has 0 radical (unpaired) electrons. The van der Waals surface area contributed by atoms with E-state index in [1.54, 1.807) is 24.2 Å². The lowest BCUT2D eigenvalue weighted by Gasteiger charge is -2.31. The van der Waals surface area contributed by atoms with Gasteiger partial charge in [-0.2, -0.15) is 0 Å². The summed E-state index contributed by atoms with van der Waals surface area (Å²) >= 11 is 0.155. The minimum Gasteiger partial charge on any atom is -0.546 e. The van der Waals surface area contributed by atoms with Gasteiger partial charge in [0.15, 0.2) is 11.1 Å². The normalized spacial score (nSPS) is 12.8. The highest BCUT2D eigenvalue weighted by molar-refractivity contribution is 7.99. The fraction of sp³-hybridized carbons (Fsp3) is 0.182. The molecular weight excluding hydrogens is 442 g/mol. The molecule has 8 nitrogen and oxygen atoms in total. The third-order valence-electron chi connectivity index (χ3n) is 5.01.